The lowest BCUT2D eigenvalue weighted by Gasteiger charge is -2.52. The number of rotatable bonds is 0. The SMILES string of the molecule is CC12OC(C(=O)C13CCC3)C1C(=O)c3ccccc3C(=O)C12. The van der Waals surface area contributed by atoms with Crippen LogP contribution in [0, 0.1) is 17.3 Å². The van der Waals surface area contributed by atoms with Gasteiger partial charge in [-0.1, -0.05) is 30.7 Å². The average Bonchev–Trinajstić information content (AvgIpc) is 2.90. The van der Waals surface area contributed by atoms with Gasteiger partial charge in [0.2, 0.25) is 0 Å². The van der Waals surface area contributed by atoms with E-state index in [0.29, 0.717) is 11.1 Å². The maximum absolute atomic E-state index is 13.0. The molecule has 0 N–H and O–H groups in total. The van der Waals surface area contributed by atoms with Crippen molar-refractivity contribution in [3.8, 4) is 0 Å². The summed E-state index contributed by atoms with van der Waals surface area (Å²) in [5.74, 6) is -1.19. The number of fused-ring (bicyclic) bond motifs is 7. The van der Waals surface area contributed by atoms with Crippen LogP contribution in [0.3, 0.4) is 0 Å². The first kappa shape index (κ1) is 12.7. The smallest absolute Gasteiger partial charge is 0.171 e. The van der Waals surface area contributed by atoms with E-state index in [1.54, 1.807) is 24.3 Å². The minimum atomic E-state index is -0.808. The molecule has 4 atom stereocenters. The highest BCUT2D eigenvalue weighted by Crippen LogP contribution is 2.67. The minimum absolute atomic E-state index is 0.0241. The van der Waals surface area contributed by atoms with Crippen molar-refractivity contribution in [2.24, 2.45) is 17.3 Å². The molecule has 4 unspecified atom stereocenters. The fourth-order valence-electron chi connectivity index (χ4n) is 5.31. The summed E-state index contributed by atoms with van der Waals surface area (Å²) >= 11 is 0. The molecule has 4 heteroatoms. The number of carbonyl (C=O) groups is 3. The van der Waals surface area contributed by atoms with E-state index in [1.807, 2.05) is 6.92 Å². The Hall–Kier alpha value is -1.81. The van der Waals surface area contributed by atoms with Gasteiger partial charge in [-0.2, -0.15) is 0 Å². The molecule has 2 bridgehead atoms. The van der Waals surface area contributed by atoms with Crippen molar-refractivity contribution in [2.75, 3.05) is 0 Å². The van der Waals surface area contributed by atoms with Gasteiger partial charge in [0.25, 0.3) is 0 Å². The molecule has 2 heterocycles. The van der Waals surface area contributed by atoms with Crippen molar-refractivity contribution >= 4 is 17.3 Å². The molecule has 1 saturated carbocycles. The van der Waals surface area contributed by atoms with Crippen molar-refractivity contribution in [1.82, 2.24) is 0 Å². The molecule has 1 spiro atoms. The molecular formula is C18H16O4. The predicted octanol–water partition coefficient (Wildman–Crippen LogP) is 2.21. The molecule has 22 heavy (non-hydrogen) atoms. The van der Waals surface area contributed by atoms with Gasteiger partial charge in [-0.05, 0) is 19.8 Å². The van der Waals surface area contributed by atoms with E-state index in [4.69, 9.17) is 4.74 Å². The highest BCUT2D eigenvalue weighted by Gasteiger charge is 2.78. The van der Waals surface area contributed by atoms with Gasteiger partial charge in [-0.25, -0.2) is 0 Å². The third-order valence-corrected chi connectivity index (χ3v) is 6.58. The summed E-state index contributed by atoms with van der Waals surface area (Å²) in [6.45, 7) is 1.88. The van der Waals surface area contributed by atoms with Gasteiger partial charge in [0.1, 0.15) is 6.10 Å². The van der Waals surface area contributed by atoms with Gasteiger partial charge >= 0.3 is 0 Å². The van der Waals surface area contributed by atoms with Crippen molar-refractivity contribution in [3.05, 3.63) is 35.4 Å². The molecular weight excluding hydrogens is 280 g/mol. The molecule has 4 nitrogen and oxygen atoms in total. The van der Waals surface area contributed by atoms with E-state index in [2.05, 4.69) is 0 Å². The third kappa shape index (κ3) is 1.06. The number of benzene rings is 1. The quantitative estimate of drug-likeness (QED) is 0.736. The molecule has 1 aromatic rings. The Bertz CT molecular complexity index is 760. The van der Waals surface area contributed by atoms with Gasteiger partial charge in [0.05, 0.1) is 22.9 Å². The van der Waals surface area contributed by atoms with Crippen LogP contribution in [0.4, 0.5) is 0 Å². The van der Waals surface area contributed by atoms with Gasteiger partial charge in [-0.3, -0.25) is 14.4 Å². The summed E-state index contributed by atoms with van der Waals surface area (Å²) < 4.78 is 6.06. The number of ether oxygens (including phenoxy) is 1. The van der Waals surface area contributed by atoms with E-state index in [0.717, 1.165) is 19.3 Å². The fourth-order valence-corrected chi connectivity index (χ4v) is 5.31. The van der Waals surface area contributed by atoms with E-state index < -0.39 is 29.0 Å². The summed E-state index contributed by atoms with van der Waals surface area (Å²) in [4.78, 5) is 38.7. The number of carbonyl (C=O) groups excluding carboxylic acids is 3. The van der Waals surface area contributed by atoms with Crippen LogP contribution in [0.2, 0.25) is 0 Å². The first-order valence-electron chi connectivity index (χ1n) is 7.91. The fraction of sp³-hybridized carbons (Fsp3) is 0.500. The standard InChI is InChI=1S/C18H16O4/c1-17-12-11(15(22-17)16(21)18(17)7-4-8-18)13(19)9-5-2-3-6-10(9)14(12)20/h2-3,5-6,11-12,15H,4,7-8H2,1H3. The number of hydrogen-bond donors (Lipinski definition) is 0. The Morgan fingerprint density at radius 2 is 1.68 bits per heavy atom. The molecule has 0 radical (unpaired) electrons. The second-order valence-electron chi connectivity index (χ2n) is 7.22. The van der Waals surface area contributed by atoms with E-state index >= 15 is 0 Å². The molecule has 3 fully saturated rings. The van der Waals surface area contributed by atoms with Gasteiger partial charge < -0.3 is 4.74 Å². The number of hydrogen-bond acceptors (Lipinski definition) is 4. The molecule has 0 aromatic heterocycles. The Balaban J connectivity index is 1.73. The third-order valence-electron chi connectivity index (χ3n) is 6.58. The highest BCUT2D eigenvalue weighted by atomic mass is 16.5. The Morgan fingerprint density at radius 1 is 1.05 bits per heavy atom. The van der Waals surface area contributed by atoms with Crippen LogP contribution in [0.5, 0.6) is 0 Å². The second kappa shape index (κ2) is 3.57. The molecule has 5 rings (SSSR count). The van der Waals surface area contributed by atoms with Crippen molar-refractivity contribution in [1.29, 1.82) is 0 Å². The largest absolute Gasteiger partial charge is 0.362 e. The Morgan fingerprint density at radius 3 is 2.27 bits per heavy atom. The zero-order valence-electron chi connectivity index (χ0n) is 12.3. The van der Waals surface area contributed by atoms with E-state index in [-0.39, 0.29) is 17.3 Å². The molecule has 0 amide bonds. The van der Waals surface area contributed by atoms with Gasteiger partial charge in [0.15, 0.2) is 17.3 Å². The van der Waals surface area contributed by atoms with Crippen LogP contribution in [0.1, 0.15) is 46.9 Å². The lowest BCUT2D eigenvalue weighted by atomic mass is 9.47. The molecule has 4 aliphatic rings. The highest BCUT2D eigenvalue weighted by molar-refractivity contribution is 6.20. The van der Waals surface area contributed by atoms with Gasteiger partial charge in [-0.15, -0.1) is 0 Å². The zero-order chi connectivity index (χ0) is 15.3. The number of ketones is 3. The second-order valence-corrected chi connectivity index (χ2v) is 7.22. The molecule has 2 aliphatic heterocycles. The summed E-state index contributed by atoms with van der Waals surface area (Å²) in [5, 5.41) is 0. The van der Waals surface area contributed by atoms with E-state index in [1.165, 1.54) is 0 Å². The maximum Gasteiger partial charge on any atom is 0.171 e. The van der Waals surface area contributed by atoms with Gasteiger partial charge in [0, 0.05) is 11.1 Å². The summed E-state index contributed by atoms with van der Waals surface area (Å²) in [6.07, 6.45) is 1.84. The molecule has 2 saturated heterocycles. The maximum atomic E-state index is 13.0. The van der Waals surface area contributed by atoms with Crippen LogP contribution < -0.4 is 0 Å². The van der Waals surface area contributed by atoms with Crippen molar-refractivity contribution < 1.29 is 19.1 Å². The van der Waals surface area contributed by atoms with Crippen LogP contribution in [-0.4, -0.2) is 29.1 Å². The van der Waals surface area contributed by atoms with Crippen LogP contribution >= 0.6 is 0 Å². The Kier molecular flexibility index (Phi) is 2.06. The zero-order valence-corrected chi connectivity index (χ0v) is 12.3. The van der Waals surface area contributed by atoms with Crippen LogP contribution in [-0.2, 0) is 9.53 Å². The molecule has 2 aliphatic carbocycles. The van der Waals surface area contributed by atoms with Crippen LogP contribution in [0.25, 0.3) is 0 Å². The van der Waals surface area contributed by atoms with Crippen molar-refractivity contribution in [2.45, 2.75) is 37.9 Å². The lowest BCUT2D eigenvalue weighted by molar-refractivity contribution is -0.141. The number of Topliss-reactive ketones (excluding diaryl/α,β-unsaturated/α-hetero) is 3. The molecule has 1 aromatic carbocycles. The first-order chi connectivity index (χ1) is 10.5. The monoisotopic (exact) mass is 296 g/mol. The summed E-state index contributed by atoms with van der Waals surface area (Å²) in [6, 6.07) is 6.94. The minimum Gasteiger partial charge on any atom is -0.362 e. The normalized spacial score (nSPS) is 40.6. The van der Waals surface area contributed by atoms with Crippen molar-refractivity contribution in [3.63, 3.8) is 0 Å². The molecule has 112 valence electrons. The predicted molar refractivity (Wildman–Crippen MR) is 76.7 cm³/mol. The summed E-state index contributed by atoms with van der Waals surface area (Å²) in [7, 11) is 0. The summed E-state index contributed by atoms with van der Waals surface area (Å²) in [5.41, 5.74) is -0.393. The van der Waals surface area contributed by atoms with Crippen LogP contribution in [0.15, 0.2) is 24.3 Å². The topological polar surface area (TPSA) is 60.4 Å². The first-order valence-corrected chi connectivity index (χ1v) is 7.91. The Labute approximate surface area is 127 Å². The average molecular weight is 296 g/mol. The van der Waals surface area contributed by atoms with E-state index in [9.17, 15) is 14.4 Å². The lowest BCUT2D eigenvalue weighted by Crippen LogP contribution is -2.63.